The van der Waals surface area contributed by atoms with Gasteiger partial charge in [0, 0.05) is 64.5 Å². The van der Waals surface area contributed by atoms with E-state index in [4.69, 9.17) is 4.74 Å². The summed E-state index contributed by atoms with van der Waals surface area (Å²) in [5.41, 5.74) is -2.65. The summed E-state index contributed by atoms with van der Waals surface area (Å²) in [4.78, 5) is 52.3. The summed E-state index contributed by atoms with van der Waals surface area (Å²) >= 11 is 0. The van der Waals surface area contributed by atoms with Gasteiger partial charge in [0.25, 0.3) is 11.1 Å². The number of carbonyl (C=O) groups is 1. The van der Waals surface area contributed by atoms with Gasteiger partial charge < -0.3 is 24.8 Å². The Morgan fingerprint density at radius 1 is 0.610 bits per heavy atom. The molecule has 18 heteroatoms. The van der Waals surface area contributed by atoms with Crippen molar-refractivity contribution in [2.24, 2.45) is 0 Å². The third-order valence-electron chi connectivity index (χ3n) is 9.57. The van der Waals surface area contributed by atoms with Crippen molar-refractivity contribution < 1.29 is 35.9 Å². The number of carbonyl (C=O) groups excluding carboxylic acids is 1. The van der Waals surface area contributed by atoms with Crippen LogP contribution in [0, 0.1) is 34.9 Å². The van der Waals surface area contributed by atoms with Gasteiger partial charge in [-0.2, -0.15) is 0 Å². The van der Waals surface area contributed by atoms with Crippen LogP contribution >= 0.6 is 0 Å². The van der Waals surface area contributed by atoms with Crippen LogP contribution in [0.5, 0.6) is 0 Å². The van der Waals surface area contributed by atoms with E-state index in [-0.39, 0.29) is 59.9 Å². The Labute approximate surface area is 332 Å². The number of para-hydroxylation sites is 2. The molecule has 2 aliphatic heterocycles. The zero-order chi connectivity index (χ0) is 42.2. The molecule has 0 aliphatic carbocycles. The highest BCUT2D eigenvalue weighted by atomic mass is 19.2. The molecule has 1 amide bonds. The van der Waals surface area contributed by atoms with Gasteiger partial charge in [0.2, 0.25) is 0 Å². The highest BCUT2D eigenvalue weighted by molar-refractivity contribution is 5.80. The lowest BCUT2D eigenvalue weighted by atomic mass is 10.2. The Morgan fingerprint density at radius 2 is 1.02 bits per heavy atom. The molecule has 2 fully saturated rings. The third kappa shape index (κ3) is 8.43. The maximum absolute atomic E-state index is 14.6. The summed E-state index contributed by atoms with van der Waals surface area (Å²) in [5, 5.41) is 3.16. The largest absolute Gasteiger partial charge is 0.444 e. The number of nitrogens with one attached hydrogen (secondary N) is 1. The molecular weight excluding hydrogens is 782 g/mol. The molecular formula is C41H38F6N8O4. The first-order chi connectivity index (χ1) is 28.1. The number of benzene rings is 4. The molecule has 0 spiro atoms. The van der Waals surface area contributed by atoms with Gasteiger partial charge in [0.1, 0.15) is 51.9 Å². The minimum atomic E-state index is -0.936. The Morgan fingerprint density at radius 3 is 1.42 bits per heavy atom. The predicted molar refractivity (Wildman–Crippen MR) is 210 cm³/mol. The molecule has 8 rings (SSSR count). The number of fused-ring (bicyclic) bond motifs is 2. The number of ether oxygens (including phenoxy) is 1. The average Bonchev–Trinajstić information content (AvgIpc) is 3.19. The Bertz CT molecular complexity index is 2650. The van der Waals surface area contributed by atoms with E-state index >= 15 is 0 Å². The fourth-order valence-corrected chi connectivity index (χ4v) is 6.86. The lowest BCUT2D eigenvalue weighted by Crippen LogP contribution is -2.51. The van der Waals surface area contributed by atoms with Gasteiger partial charge in [-0.1, -0.05) is 12.1 Å². The van der Waals surface area contributed by atoms with E-state index in [1.165, 1.54) is 29.2 Å². The van der Waals surface area contributed by atoms with Crippen molar-refractivity contribution in [2.75, 3.05) is 62.2 Å². The van der Waals surface area contributed by atoms with E-state index in [1.54, 1.807) is 30.6 Å². The van der Waals surface area contributed by atoms with Crippen LogP contribution < -0.4 is 26.2 Å². The van der Waals surface area contributed by atoms with Gasteiger partial charge in [-0.05, 0) is 69.3 Å². The van der Waals surface area contributed by atoms with Gasteiger partial charge in [-0.15, -0.1) is 0 Å². The van der Waals surface area contributed by atoms with Crippen LogP contribution in [0.3, 0.4) is 0 Å². The number of hydrogen-bond donors (Lipinski definition) is 1. The number of piperazine rings is 2. The smallest absolute Gasteiger partial charge is 0.410 e. The minimum absolute atomic E-state index is 0.0484. The zero-order valence-electron chi connectivity index (χ0n) is 32.1. The van der Waals surface area contributed by atoms with Gasteiger partial charge >= 0.3 is 6.09 Å². The fraction of sp³-hybridized carbons (Fsp3) is 0.293. The molecule has 2 saturated heterocycles. The molecule has 12 nitrogen and oxygen atoms in total. The second-order valence-corrected chi connectivity index (χ2v) is 14.8. The average molecular weight is 821 g/mol. The minimum Gasteiger partial charge on any atom is -0.444 e. The van der Waals surface area contributed by atoms with Gasteiger partial charge in [0.15, 0.2) is 11.6 Å². The Kier molecular flexibility index (Phi) is 11.4. The van der Waals surface area contributed by atoms with Crippen LogP contribution in [0.25, 0.3) is 33.4 Å². The molecule has 0 atom stereocenters. The van der Waals surface area contributed by atoms with E-state index in [2.05, 4.69) is 15.3 Å². The van der Waals surface area contributed by atoms with E-state index in [0.29, 0.717) is 26.2 Å². The van der Waals surface area contributed by atoms with Crippen molar-refractivity contribution in [3.63, 3.8) is 0 Å². The van der Waals surface area contributed by atoms with E-state index < -0.39 is 69.1 Å². The molecule has 308 valence electrons. The lowest BCUT2D eigenvalue weighted by Gasteiger charge is -2.36. The van der Waals surface area contributed by atoms with Crippen molar-refractivity contribution in [3.8, 4) is 11.4 Å². The van der Waals surface area contributed by atoms with E-state index in [0.717, 1.165) is 57.7 Å². The van der Waals surface area contributed by atoms with E-state index in [1.807, 2.05) is 0 Å². The quantitative estimate of drug-likeness (QED) is 0.212. The zero-order valence-corrected chi connectivity index (χ0v) is 32.1. The van der Waals surface area contributed by atoms with E-state index in [9.17, 15) is 40.7 Å². The molecule has 2 aromatic heterocycles. The molecule has 2 aliphatic rings. The number of anilines is 2. The molecule has 0 bridgehead atoms. The van der Waals surface area contributed by atoms with Crippen molar-refractivity contribution in [3.05, 3.63) is 128 Å². The second kappa shape index (κ2) is 16.4. The molecule has 0 radical (unpaired) electrons. The van der Waals surface area contributed by atoms with Crippen molar-refractivity contribution in [1.29, 1.82) is 0 Å². The third-order valence-corrected chi connectivity index (χ3v) is 9.57. The highest BCUT2D eigenvalue weighted by Crippen LogP contribution is 2.26. The Balaban J connectivity index is 0.000000184. The van der Waals surface area contributed by atoms with Crippen molar-refractivity contribution in [1.82, 2.24) is 29.3 Å². The standard InChI is InChI=1S/C23H23F3N4O3.C18H15F3N4O/c1-23(2,3)33-22(32)29-11-9-28(10-12-29)20-21(31)30(19-15(25)5-4-6-16(19)26)18-8-7-14(24)13-17(18)27-20;19-11-4-5-15-14(10-11)23-17(24-8-6-22-7-9-24)18(26)25(15)16-12(20)2-1-3-13(16)21/h4-8,13H,9-12H2,1-3H3;1-5,10,22H,6-9H2. The molecule has 6 aromatic rings. The monoisotopic (exact) mass is 820 g/mol. The number of aromatic nitrogens is 4. The predicted octanol–water partition coefficient (Wildman–Crippen LogP) is 6.07. The number of rotatable bonds is 4. The van der Waals surface area contributed by atoms with Crippen molar-refractivity contribution in [2.45, 2.75) is 26.4 Å². The van der Waals surface area contributed by atoms with Crippen LogP contribution in [0.4, 0.5) is 42.8 Å². The molecule has 4 heterocycles. The summed E-state index contributed by atoms with van der Waals surface area (Å²) in [5.74, 6) is -4.81. The molecule has 0 unspecified atom stereocenters. The SMILES string of the molecule is CC(C)(C)OC(=O)N1CCN(c2nc3cc(F)ccc3n(-c3c(F)cccc3F)c2=O)CC1.O=c1c(N2CCNCC2)nc2cc(F)ccc2n1-c1c(F)cccc1F. The van der Waals surface area contributed by atoms with Gasteiger partial charge in [0.05, 0.1) is 22.1 Å². The first-order valence-corrected chi connectivity index (χ1v) is 18.6. The summed E-state index contributed by atoms with van der Waals surface area (Å²) in [6.07, 6.45) is -0.471. The fourth-order valence-electron chi connectivity index (χ4n) is 6.86. The molecule has 0 saturated carbocycles. The summed E-state index contributed by atoms with van der Waals surface area (Å²) in [6, 6.07) is 13.7. The molecule has 59 heavy (non-hydrogen) atoms. The normalized spacial score (nSPS) is 14.7. The van der Waals surface area contributed by atoms with Crippen LogP contribution in [-0.2, 0) is 4.74 Å². The van der Waals surface area contributed by atoms with Crippen LogP contribution in [-0.4, -0.2) is 88.1 Å². The van der Waals surface area contributed by atoms with Crippen LogP contribution in [0.1, 0.15) is 20.8 Å². The van der Waals surface area contributed by atoms with Gasteiger partial charge in [-0.25, -0.2) is 41.1 Å². The van der Waals surface area contributed by atoms with Crippen LogP contribution in [0.2, 0.25) is 0 Å². The molecule has 1 N–H and O–H groups in total. The topological polar surface area (TPSA) is 118 Å². The lowest BCUT2D eigenvalue weighted by molar-refractivity contribution is 0.0240. The Hall–Kier alpha value is -6.43. The van der Waals surface area contributed by atoms with Gasteiger partial charge in [-0.3, -0.25) is 18.7 Å². The first-order valence-electron chi connectivity index (χ1n) is 18.6. The number of hydrogen-bond acceptors (Lipinski definition) is 9. The second-order valence-electron chi connectivity index (χ2n) is 14.8. The highest BCUT2D eigenvalue weighted by Gasteiger charge is 2.29. The first kappa shape index (κ1) is 40.8. The summed E-state index contributed by atoms with van der Waals surface area (Å²) in [7, 11) is 0. The number of halogens is 6. The van der Waals surface area contributed by atoms with Crippen LogP contribution in [0.15, 0.2) is 82.4 Å². The van der Waals surface area contributed by atoms with Crippen molar-refractivity contribution >= 4 is 39.8 Å². The molecule has 4 aromatic carbocycles. The summed E-state index contributed by atoms with van der Waals surface area (Å²) in [6.45, 7) is 8.62. The summed E-state index contributed by atoms with van der Waals surface area (Å²) < 4.78 is 92.8. The maximum Gasteiger partial charge on any atom is 0.410 e. The number of nitrogens with zero attached hydrogens (tertiary/aromatic N) is 7. The number of amides is 1. The maximum atomic E-state index is 14.6.